The summed E-state index contributed by atoms with van der Waals surface area (Å²) in [6.45, 7) is 0. The smallest absolute Gasteiger partial charge is 0.201 e. The van der Waals surface area contributed by atoms with Crippen LogP contribution in [-0.2, 0) is 9.84 Å². The Morgan fingerprint density at radius 3 is 2.11 bits per heavy atom. The van der Waals surface area contributed by atoms with Gasteiger partial charge < -0.3 is 11.5 Å². The molecule has 0 radical (unpaired) electrons. The predicted octanol–water partition coefficient (Wildman–Crippen LogP) is 4.71. The molecule has 27 heavy (non-hydrogen) atoms. The fourth-order valence-corrected chi connectivity index (χ4v) is 3.46. The Hall–Kier alpha value is -3.45. The molecule has 0 saturated carbocycles. The molecule has 0 aliphatic heterocycles. The van der Waals surface area contributed by atoms with Crippen molar-refractivity contribution in [1.82, 2.24) is 0 Å². The summed E-state index contributed by atoms with van der Waals surface area (Å²) >= 11 is 0. The fraction of sp³-hybridized carbons (Fsp3) is 0. The highest BCUT2D eigenvalue weighted by Gasteiger charge is 2.15. The number of hydrogen-bond acceptors (Lipinski definition) is 6. The van der Waals surface area contributed by atoms with Crippen LogP contribution in [0.2, 0.25) is 0 Å². The third-order valence-corrected chi connectivity index (χ3v) is 5.18. The van der Waals surface area contributed by atoms with E-state index in [0.717, 1.165) is 11.0 Å². The molecule has 136 valence electrons. The summed E-state index contributed by atoms with van der Waals surface area (Å²) in [5.74, 6) is 0. The molecule has 0 aliphatic carbocycles. The van der Waals surface area contributed by atoms with Gasteiger partial charge in [0.05, 0.1) is 22.0 Å². The van der Waals surface area contributed by atoms with E-state index in [-0.39, 0.29) is 10.6 Å². The van der Waals surface area contributed by atoms with Gasteiger partial charge in [0.1, 0.15) is 0 Å². The molecule has 0 amide bonds. The maximum atomic E-state index is 12.6. The number of nitrogens with two attached hydrogens (primary N) is 2. The van der Waals surface area contributed by atoms with Crippen LogP contribution in [-0.4, -0.2) is 8.42 Å². The zero-order chi connectivity index (χ0) is 19.3. The van der Waals surface area contributed by atoms with Crippen molar-refractivity contribution in [3.05, 3.63) is 83.8 Å². The minimum Gasteiger partial charge on any atom is -0.399 e. The van der Waals surface area contributed by atoms with Crippen molar-refractivity contribution in [2.45, 2.75) is 4.90 Å². The van der Waals surface area contributed by atoms with E-state index in [1.54, 1.807) is 30.3 Å². The second-order valence-corrected chi connectivity index (χ2v) is 7.57. The normalized spacial score (nSPS) is 12.0. The van der Waals surface area contributed by atoms with Gasteiger partial charge in [0, 0.05) is 11.1 Å². The van der Waals surface area contributed by atoms with E-state index in [9.17, 15) is 8.42 Å². The summed E-state index contributed by atoms with van der Waals surface area (Å²) in [5, 5.41) is 9.29. The van der Waals surface area contributed by atoms with Crippen molar-refractivity contribution >= 4 is 38.7 Å². The molecule has 6 nitrogen and oxygen atoms in total. The zero-order valence-corrected chi connectivity index (χ0v) is 15.2. The topological polar surface area (TPSA) is 111 Å². The molecule has 0 heterocycles. The predicted molar refractivity (Wildman–Crippen MR) is 109 cm³/mol. The Bertz CT molecular complexity index is 1090. The number of anilines is 2. The van der Waals surface area contributed by atoms with E-state index in [0.29, 0.717) is 17.1 Å². The van der Waals surface area contributed by atoms with Gasteiger partial charge in [-0.05, 0) is 54.1 Å². The summed E-state index contributed by atoms with van der Waals surface area (Å²) in [6, 6.07) is 20.5. The van der Waals surface area contributed by atoms with Crippen LogP contribution in [0.25, 0.3) is 6.08 Å². The van der Waals surface area contributed by atoms with Gasteiger partial charge in [-0.2, -0.15) is 10.2 Å². The number of benzene rings is 3. The van der Waals surface area contributed by atoms with Crippen molar-refractivity contribution in [2.24, 2.45) is 10.2 Å². The minimum absolute atomic E-state index is 0.0107. The molecule has 0 unspecified atom stereocenters. The molecule has 3 aromatic carbocycles. The third kappa shape index (κ3) is 4.80. The maximum Gasteiger partial charge on any atom is 0.201 e. The lowest BCUT2D eigenvalue weighted by Crippen LogP contribution is -2.01. The highest BCUT2D eigenvalue weighted by atomic mass is 32.2. The molecule has 0 fully saturated rings. The Kier molecular flexibility index (Phi) is 5.33. The summed E-state index contributed by atoms with van der Waals surface area (Å²) in [5.41, 5.74) is 14.0. The summed E-state index contributed by atoms with van der Waals surface area (Å²) in [4.78, 5) is -0.0107. The first kappa shape index (κ1) is 18.3. The first-order valence-electron chi connectivity index (χ1n) is 8.09. The number of nitrogen functional groups attached to an aromatic ring is 2. The number of nitrogens with zero attached hydrogens (tertiary/aromatic N) is 2. The van der Waals surface area contributed by atoms with Crippen LogP contribution in [0.1, 0.15) is 5.56 Å². The van der Waals surface area contributed by atoms with Gasteiger partial charge in [-0.25, -0.2) is 8.42 Å². The van der Waals surface area contributed by atoms with Crippen molar-refractivity contribution in [1.29, 1.82) is 0 Å². The van der Waals surface area contributed by atoms with Crippen LogP contribution in [0.15, 0.2) is 93.3 Å². The monoisotopic (exact) mass is 378 g/mol. The van der Waals surface area contributed by atoms with Gasteiger partial charge in [0.15, 0.2) is 0 Å². The van der Waals surface area contributed by atoms with E-state index < -0.39 is 9.84 Å². The average molecular weight is 378 g/mol. The summed E-state index contributed by atoms with van der Waals surface area (Å²) in [6.07, 6.45) is 1.53. The van der Waals surface area contributed by atoms with Crippen LogP contribution in [0, 0.1) is 0 Å². The lowest BCUT2D eigenvalue weighted by atomic mass is 10.2. The highest BCUT2D eigenvalue weighted by molar-refractivity contribution is 7.94. The molecule has 0 bridgehead atoms. The van der Waals surface area contributed by atoms with Crippen LogP contribution >= 0.6 is 0 Å². The molecule has 0 saturated heterocycles. The Balaban J connectivity index is 1.88. The fourth-order valence-electron chi connectivity index (χ4n) is 2.29. The first-order valence-corrected chi connectivity index (χ1v) is 9.64. The SMILES string of the molecule is Nc1ccc(N=Nc2ccc(N)c(S(=O)(=O)C=Cc3ccccc3)c2)cc1. The van der Waals surface area contributed by atoms with Crippen LogP contribution in [0.3, 0.4) is 0 Å². The van der Waals surface area contributed by atoms with Crippen molar-refractivity contribution in [3.8, 4) is 0 Å². The summed E-state index contributed by atoms with van der Waals surface area (Å²) < 4.78 is 25.3. The first-order chi connectivity index (χ1) is 12.9. The number of sulfone groups is 1. The van der Waals surface area contributed by atoms with Gasteiger partial charge in [-0.15, -0.1) is 0 Å². The molecule has 0 atom stereocenters. The van der Waals surface area contributed by atoms with Gasteiger partial charge in [-0.1, -0.05) is 30.3 Å². The van der Waals surface area contributed by atoms with Gasteiger partial charge in [-0.3, -0.25) is 0 Å². The number of rotatable bonds is 5. The second-order valence-electron chi connectivity index (χ2n) is 5.77. The third-order valence-electron chi connectivity index (χ3n) is 3.72. The number of azo groups is 1. The molecular weight excluding hydrogens is 360 g/mol. The standard InChI is InChI=1S/C20H18N4O2S/c21-16-6-8-17(9-7-16)23-24-18-10-11-19(22)20(14-18)27(25,26)13-12-15-4-2-1-3-5-15/h1-14H,21-22H2. The highest BCUT2D eigenvalue weighted by Crippen LogP contribution is 2.28. The average Bonchev–Trinajstić information content (AvgIpc) is 2.68. The molecule has 3 rings (SSSR count). The number of hydrogen-bond donors (Lipinski definition) is 2. The molecular formula is C20H18N4O2S. The van der Waals surface area contributed by atoms with Crippen LogP contribution in [0.5, 0.6) is 0 Å². The van der Waals surface area contributed by atoms with Crippen molar-refractivity contribution < 1.29 is 8.42 Å². The summed E-state index contributed by atoms with van der Waals surface area (Å²) in [7, 11) is -3.72. The van der Waals surface area contributed by atoms with E-state index in [4.69, 9.17) is 11.5 Å². The van der Waals surface area contributed by atoms with Crippen molar-refractivity contribution in [2.75, 3.05) is 11.5 Å². The van der Waals surface area contributed by atoms with Gasteiger partial charge >= 0.3 is 0 Å². The van der Waals surface area contributed by atoms with Crippen molar-refractivity contribution in [3.63, 3.8) is 0 Å². The zero-order valence-electron chi connectivity index (χ0n) is 14.4. The molecule has 3 aromatic rings. The van der Waals surface area contributed by atoms with Gasteiger partial charge in [0.25, 0.3) is 0 Å². The van der Waals surface area contributed by atoms with E-state index in [1.165, 1.54) is 18.2 Å². The minimum atomic E-state index is -3.72. The van der Waals surface area contributed by atoms with E-state index >= 15 is 0 Å². The lowest BCUT2D eigenvalue weighted by Gasteiger charge is -2.05. The van der Waals surface area contributed by atoms with E-state index in [1.807, 2.05) is 30.3 Å². The molecule has 0 aromatic heterocycles. The van der Waals surface area contributed by atoms with Gasteiger partial charge in [0.2, 0.25) is 9.84 Å². The second kappa shape index (κ2) is 7.84. The Morgan fingerprint density at radius 2 is 1.41 bits per heavy atom. The Labute approximate surface area is 157 Å². The molecule has 7 heteroatoms. The molecule has 0 aliphatic rings. The quantitative estimate of drug-likeness (QED) is 0.494. The van der Waals surface area contributed by atoms with Crippen LogP contribution < -0.4 is 11.5 Å². The van der Waals surface area contributed by atoms with E-state index in [2.05, 4.69) is 10.2 Å². The molecule has 0 spiro atoms. The maximum absolute atomic E-state index is 12.6. The van der Waals surface area contributed by atoms with Crippen LogP contribution in [0.4, 0.5) is 22.7 Å². The largest absolute Gasteiger partial charge is 0.399 e. The lowest BCUT2D eigenvalue weighted by molar-refractivity contribution is 0.605. The molecule has 4 N–H and O–H groups in total. The Morgan fingerprint density at radius 1 is 0.778 bits per heavy atom.